The average Bonchev–Trinajstić information content (AvgIpc) is 3.09. The second-order valence-electron chi connectivity index (χ2n) is 7.62. The van der Waals surface area contributed by atoms with E-state index in [-0.39, 0.29) is 11.6 Å². The standard InChI is InChI=1S/C20H19ClN4O3S/c1-11-4-2-5-12(10-11)28-19(27)25-9-3-6-13(25)16-22-14-15(26)23-18(20(21)7-8-20)24-17(14)29-16/h2,4-5,10,13H,3,6-9H2,1H3,(H,23,24,26). The van der Waals surface area contributed by atoms with Gasteiger partial charge in [-0.05, 0) is 50.3 Å². The second-order valence-corrected chi connectivity index (χ2v) is 9.35. The van der Waals surface area contributed by atoms with Crippen molar-refractivity contribution >= 4 is 39.4 Å². The van der Waals surface area contributed by atoms with Crippen LogP contribution in [0.15, 0.2) is 29.1 Å². The molecule has 1 aliphatic heterocycles. The molecule has 1 atom stereocenters. The quantitative estimate of drug-likeness (QED) is 0.627. The first kappa shape index (κ1) is 18.6. The van der Waals surface area contributed by atoms with E-state index in [2.05, 4.69) is 15.0 Å². The van der Waals surface area contributed by atoms with Crippen LogP contribution < -0.4 is 10.3 Å². The van der Waals surface area contributed by atoms with Crippen molar-refractivity contribution in [2.75, 3.05) is 6.54 Å². The molecule has 0 bridgehead atoms. The molecule has 1 N–H and O–H groups in total. The van der Waals surface area contributed by atoms with E-state index in [4.69, 9.17) is 16.3 Å². The van der Waals surface area contributed by atoms with Gasteiger partial charge in [-0.15, -0.1) is 11.6 Å². The minimum absolute atomic E-state index is 0.222. The van der Waals surface area contributed by atoms with Crippen molar-refractivity contribution in [2.45, 2.75) is 43.5 Å². The minimum Gasteiger partial charge on any atom is -0.410 e. The van der Waals surface area contributed by atoms with E-state index in [9.17, 15) is 9.59 Å². The van der Waals surface area contributed by atoms with Crippen molar-refractivity contribution in [3.05, 3.63) is 51.0 Å². The van der Waals surface area contributed by atoms with Gasteiger partial charge in [0.05, 0.1) is 6.04 Å². The number of benzene rings is 1. The number of aromatic nitrogens is 3. The van der Waals surface area contributed by atoms with Crippen LogP contribution in [0.3, 0.4) is 0 Å². The number of carbonyl (C=O) groups is 1. The number of ether oxygens (including phenoxy) is 1. The molecule has 7 nitrogen and oxygen atoms in total. The van der Waals surface area contributed by atoms with Crippen LogP contribution in [0.4, 0.5) is 4.79 Å². The molecule has 3 aromatic rings. The van der Waals surface area contributed by atoms with Gasteiger partial charge in [0.1, 0.15) is 21.5 Å². The van der Waals surface area contributed by atoms with Crippen LogP contribution in [-0.4, -0.2) is 32.5 Å². The highest BCUT2D eigenvalue weighted by atomic mass is 35.5. The number of carbonyl (C=O) groups excluding carboxylic acids is 1. The molecule has 1 saturated carbocycles. The number of fused-ring (bicyclic) bond motifs is 1. The van der Waals surface area contributed by atoms with Crippen molar-refractivity contribution in [2.24, 2.45) is 0 Å². The summed E-state index contributed by atoms with van der Waals surface area (Å²) in [5.41, 5.74) is 1.04. The number of halogens is 1. The molecule has 2 aliphatic rings. The maximum Gasteiger partial charge on any atom is 0.415 e. The monoisotopic (exact) mass is 430 g/mol. The number of likely N-dealkylation sites (tertiary alicyclic amines) is 1. The Morgan fingerprint density at radius 1 is 1.38 bits per heavy atom. The first-order chi connectivity index (χ1) is 13.9. The van der Waals surface area contributed by atoms with Gasteiger partial charge >= 0.3 is 6.09 Å². The third-order valence-corrected chi connectivity index (χ3v) is 6.97. The van der Waals surface area contributed by atoms with Crippen LogP contribution >= 0.6 is 22.9 Å². The summed E-state index contributed by atoms with van der Waals surface area (Å²) in [6.07, 6.45) is 2.82. The fourth-order valence-corrected chi connectivity index (χ4v) is 4.90. The molecule has 1 aliphatic carbocycles. The number of amides is 1. The van der Waals surface area contributed by atoms with Gasteiger partial charge in [0.15, 0.2) is 10.3 Å². The fourth-order valence-electron chi connectivity index (χ4n) is 3.63. The smallest absolute Gasteiger partial charge is 0.410 e. The van der Waals surface area contributed by atoms with E-state index < -0.39 is 11.0 Å². The molecule has 2 aromatic heterocycles. The van der Waals surface area contributed by atoms with Crippen LogP contribution in [0.2, 0.25) is 0 Å². The minimum atomic E-state index is -0.547. The third-order valence-electron chi connectivity index (χ3n) is 5.37. The summed E-state index contributed by atoms with van der Waals surface area (Å²) < 4.78 is 5.56. The Bertz CT molecular complexity index is 1170. The molecule has 1 saturated heterocycles. The zero-order valence-corrected chi connectivity index (χ0v) is 17.3. The van der Waals surface area contributed by atoms with Gasteiger partial charge < -0.3 is 9.72 Å². The first-order valence-corrected chi connectivity index (χ1v) is 10.8. The third kappa shape index (κ3) is 3.40. The summed E-state index contributed by atoms with van der Waals surface area (Å²) in [7, 11) is 0. The van der Waals surface area contributed by atoms with Gasteiger partial charge in [-0.1, -0.05) is 23.5 Å². The van der Waals surface area contributed by atoms with Gasteiger partial charge in [0, 0.05) is 6.54 Å². The zero-order chi connectivity index (χ0) is 20.2. The number of aromatic amines is 1. The fraction of sp³-hybridized carbons (Fsp3) is 0.400. The molecule has 0 radical (unpaired) electrons. The predicted molar refractivity (Wildman–Crippen MR) is 111 cm³/mol. The predicted octanol–water partition coefficient (Wildman–Crippen LogP) is 4.25. The summed E-state index contributed by atoms with van der Waals surface area (Å²) in [5.74, 6) is 1.03. The summed E-state index contributed by atoms with van der Waals surface area (Å²) in [6.45, 7) is 2.54. The van der Waals surface area contributed by atoms with Crippen molar-refractivity contribution in [3.8, 4) is 5.75 Å². The van der Waals surface area contributed by atoms with Gasteiger partial charge in [-0.3, -0.25) is 9.69 Å². The summed E-state index contributed by atoms with van der Waals surface area (Å²) in [6, 6.07) is 7.17. The van der Waals surface area contributed by atoms with Crippen LogP contribution in [-0.2, 0) is 4.87 Å². The number of rotatable bonds is 3. The van der Waals surface area contributed by atoms with Gasteiger partial charge in [-0.25, -0.2) is 14.8 Å². The Hall–Kier alpha value is -2.45. The normalized spacial score (nSPS) is 20.2. The van der Waals surface area contributed by atoms with E-state index in [1.165, 1.54) is 11.3 Å². The molecule has 1 unspecified atom stereocenters. The highest BCUT2D eigenvalue weighted by Gasteiger charge is 2.45. The SMILES string of the molecule is Cc1cccc(OC(=O)N2CCCC2c2nc3c(=O)[nH]c(C4(Cl)CC4)nc3s2)c1. The summed E-state index contributed by atoms with van der Waals surface area (Å²) in [5, 5.41) is 0.702. The van der Waals surface area contributed by atoms with Crippen molar-refractivity contribution in [1.29, 1.82) is 0 Å². The van der Waals surface area contributed by atoms with Crippen LogP contribution in [0.25, 0.3) is 10.3 Å². The first-order valence-electron chi connectivity index (χ1n) is 9.58. The highest BCUT2D eigenvalue weighted by molar-refractivity contribution is 7.18. The number of hydrogen-bond acceptors (Lipinski definition) is 6. The lowest BCUT2D eigenvalue weighted by atomic mass is 10.2. The van der Waals surface area contributed by atoms with Crippen molar-refractivity contribution in [1.82, 2.24) is 19.9 Å². The maximum absolute atomic E-state index is 12.8. The van der Waals surface area contributed by atoms with Gasteiger partial charge in [0.25, 0.3) is 5.56 Å². The van der Waals surface area contributed by atoms with Gasteiger partial charge in [-0.2, -0.15) is 0 Å². The Kier molecular flexibility index (Phi) is 4.36. The topological polar surface area (TPSA) is 88.2 Å². The molecule has 0 spiro atoms. The number of nitrogens with zero attached hydrogens (tertiary/aromatic N) is 3. The highest BCUT2D eigenvalue weighted by Crippen LogP contribution is 2.50. The molecule has 150 valence electrons. The Morgan fingerprint density at radius 2 is 2.21 bits per heavy atom. The molecule has 1 aromatic carbocycles. The molecule has 3 heterocycles. The molecule has 5 rings (SSSR count). The summed E-state index contributed by atoms with van der Waals surface area (Å²) >= 11 is 7.76. The van der Waals surface area contributed by atoms with E-state index >= 15 is 0 Å². The molecule has 1 amide bonds. The molecular formula is C20H19ClN4O3S. The zero-order valence-electron chi connectivity index (χ0n) is 15.8. The Labute approximate surface area is 175 Å². The molecule has 29 heavy (non-hydrogen) atoms. The number of hydrogen-bond donors (Lipinski definition) is 1. The molecule has 9 heteroatoms. The lowest BCUT2D eigenvalue weighted by molar-refractivity contribution is 0.147. The Morgan fingerprint density at radius 3 is 2.97 bits per heavy atom. The van der Waals surface area contributed by atoms with E-state index in [1.54, 1.807) is 11.0 Å². The van der Waals surface area contributed by atoms with Crippen LogP contribution in [0.5, 0.6) is 5.75 Å². The van der Waals surface area contributed by atoms with E-state index in [1.807, 2.05) is 25.1 Å². The largest absolute Gasteiger partial charge is 0.415 e. The van der Waals surface area contributed by atoms with Crippen molar-refractivity contribution in [3.63, 3.8) is 0 Å². The maximum atomic E-state index is 12.8. The Balaban J connectivity index is 1.43. The number of H-pyrrole nitrogens is 1. The average molecular weight is 431 g/mol. The molecule has 2 fully saturated rings. The lowest BCUT2D eigenvalue weighted by Crippen LogP contribution is -2.33. The van der Waals surface area contributed by atoms with Crippen LogP contribution in [0.1, 0.15) is 48.1 Å². The van der Waals surface area contributed by atoms with E-state index in [0.29, 0.717) is 33.5 Å². The second kappa shape index (κ2) is 6.81. The number of alkyl halides is 1. The number of aryl methyl sites for hydroxylation is 1. The lowest BCUT2D eigenvalue weighted by Gasteiger charge is -2.22. The van der Waals surface area contributed by atoms with Gasteiger partial charge in [0.2, 0.25) is 0 Å². The van der Waals surface area contributed by atoms with Crippen LogP contribution in [0, 0.1) is 6.92 Å². The molecular weight excluding hydrogens is 412 g/mol. The number of thiazole rings is 1. The summed E-state index contributed by atoms with van der Waals surface area (Å²) in [4.78, 5) is 38.8. The van der Waals surface area contributed by atoms with Crippen molar-refractivity contribution < 1.29 is 9.53 Å². The number of nitrogens with one attached hydrogen (secondary N) is 1. The van der Waals surface area contributed by atoms with E-state index in [0.717, 1.165) is 31.2 Å².